The molecule has 10 aromatic rings. The summed E-state index contributed by atoms with van der Waals surface area (Å²) in [4.78, 5) is 4.53. The first-order valence-corrected chi connectivity index (χ1v) is 28.5. The summed E-state index contributed by atoms with van der Waals surface area (Å²) in [6.07, 6.45) is 3.44. The lowest BCUT2D eigenvalue weighted by molar-refractivity contribution is 0.195. The summed E-state index contributed by atoms with van der Waals surface area (Å²) in [5.41, 5.74) is -3.80. The average Bonchev–Trinajstić information content (AvgIpc) is 1.66. The van der Waals surface area contributed by atoms with Crippen LogP contribution in [0.1, 0.15) is 170 Å². The van der Waals surface area contributed by atoms with Gasteiger partial charge in [0.05, 0.1) is 39.6 Å². The van der Waals surface area contributed by atoms with Crippen molar-refractivity contribution in [2.75, 3.05) is 21.3 Å². The highest BCUT2D eigenvalue weighted by Crippen LogP contribution is 2.62. The molecule has 0 N–H and O–H groups in total. The van der Waals surface area contributed by atoms with E-state index in [-0.39, 0.29) is 120 Å². The molecule has 0 spiro atoms. The lowest BCUT2D eigenvalue weighted by Crippen LogP contribution is -2.61. The fourth-order valence-corrected chi connectivity index (χ4v) is 15.3. The van der Waals surface area contributed by atoms with Gasteiger partial charge in [-0.3, -0.25) is 0 Å². The van der Waals surface area contributed by atoms with Crippen molar-refractivity contribution in [2.45, 2.75) is 147 Å². The maximum atomic E-state index is 11.5. The van der Waals surface area contributed by atoms with E-state index in [1.165, 1.54) is 9.80 Å². The van der Waals surface area contributed by atoms with Crippen LogP contribution in [-0.4, -0.2) is 18.9 Å². The van der Waals surface area contributed by atoms with Gasteiger partial charge in [-0.2, -0.15) is 0 Å². The van der Waals surface area contributed by atoms with E-state index in [2.05, 4.69) is 27.7 Å². The molecule has 0 saturated heterocycles. The molecule has 0 amide bonds. The van der Waals surface area contributed by atoms with Crippen LogP contribution in [-0.2, 0) is 27.1 Å². The Labute approximate surface area is 498 Å². The molecule has 6 aliphatic rings. The van der Waals surface area contributed by atoms with Gasteiger partial charge in [0.25, 0.3) is 6.71 Å². The minimum Gasteiger partial charge on any atom is -0.492 e. The Balaban J connectivity index is 1.18. The monoisotopic (exact) mass is 1070 g/mol. The van der Waals surface area contributed by atoms with E-state index < -0.39 is 141 Å². The molecule has 4 aliphatic heterocycles. The number of anilines is 8. The van der Waals surface area contributed by atoms with Crippen molar-refractivity contribution in [1.82, 2.24) is 0 Å². The molecular formula is C72H70BN3O2S. The zero-order chi connectivity index (χ0) is 71.5. The van der Waals surface area contributed by atoms with Crippen molar-refractivity contribution in [3.8, 4) is 5.75 Å². The zero-order valence-electron chi connectivity index (χ0n) is 66.3. The molecule has 1 fully saturated rings. The highest BCUT2D eigenvalue weighted by molar-refractivity contribution is 7.26. The molecule has 394 valence electrons. The quantitative estimate of drug-likeness (QED) is 0.165. The van der Waals surface area contributed by atoms with Gasteiger partial charge in [0, 0.05) is 93.5 Å². The van der Waals surface area contributed by atoms with Gasteiger partial charge in [-0.1, -0.05) is 143 Å². The molecule has 5 nitrogen and oxygen atoms in total. The van der Waals surface area contributed by atoms with Crippen LogP contribution in [0.4, 0.5) is 45.5 Å². The van der Waals surface area contributed by atoms with Crippen molar-refractivity contribution >= 4 is 122 Å². The Kier molecular flexibility index (Phi) is 6.30. The lowest BCUT2D eigenvalue weighted by atomic mass is 9.33. The van der Waals surface area contributed by atoms with Gasteiger partial charge in [0.2, 0.25) is 0 Å². The molecule has 1 saturated carbocycles. The Morgan fingerprint density at radius 2 is 1.18 bits per heavy atom. The number of hydrogen-bond donors (Lipinski definition) is 0. The summed E-state index contributed by atoms with van der Waals surface area (Å²) in [6, 6.07) is -3.37. The Hall–Kier alpha value is -6.96. The second-order valence-corrected chi connectivity index (χ2v) is 27.4. The predicted octanol–water partition coefficient (Wildman–Crippen LogP) is 18.1. The topological polar surface area (TPSA) is 32.1 Å². The Bertz CT molecular complexity index is 5490. The third kappa shape index (κ3) is 6.46. The number of rotatable bonds is 3. The minimum absolute atomic E-state index is 0.00723. The molecule has 2 aromatic heterocycles. The molecule has 6 heterocycles. The number of hydrogen-bond acceptors (Lipinski definition) is 6. The van der Waals surface area contributed by atoms with Crippen molar-refractivity contribution in [1.29, 1.82) is 0 Å². The second-order valence-electron chi connectivity index (χ2n) is 26.4. The highest BCUT2D eigenvalue weighted by Gasteiger charge is 2.58. The Morgan fingerprint density at radius 1 is 0.519 bits per heavy atom. The summed E-state index contributed by atoms with van der Waals surface area (Å²) in [6.45, 7) is 20.5. The van der Waals surface area contributed by atoms with E-state index in [0.717, 1.165) is 35.3 Å². The van der Waals surface area contributed by atoms with Crippen molar-refractivity contribution in [3.63, 3.8) is 0 Å². The third-order valence-corrected chi connectivity index (χ3v) is 20.1. The SMILES string of the molecule is [2H]c1c([2H])c([2H])c2c(c1[2H])N(c1c([2H])c3c4c(c1[2H])N(c1c([2H])c([2H])c5oc6c([2H])c([2H])c([2H])c([2H])c6c5c1[2H])c1c(cc5c(sc6c([2H])c7c(c([2H])c65)C(C)(C)CCC7(C)C)c1[2H])B4c1cc4c(cc1N3c1c([2H])c([2H])c(C(C)(C)C)c([2H])c1[2H])OCC4(C)C)C1(C)CCCCC21C. The summed E-state index contributed by atoms with van der Waals surface area (Å²) >= 11 is 1.14. The van der Waals surface area contributed by atoms with E-state index in [0.29, 0.717) is 57.9 Å². The number of nitrogens with zero attached hydrogens (tertiary/aromatic N) is 3. The number of fused-ring (bicyclic) bond motifs is 15. The summed E-state index contributed by atoms with van der Waals surface area (Å²) in [7, 11) is 0. The number of thiophene rings is 1. The molecule has 2 unspecified atom stereocenters. The molecular weight excluding hydrogens is 982 g/mol. The van der Waals surface area contributed by atoms with E-state index >= 15 is 0 Å². The second kappa shape index (κ2) is 15.7. The maximum absolute atomic E-state index is 11.5. The molecule has 2 atom stereocenters. The fourth-order valence-electron chi connectivity index (χ4n) is 14.3. The molecule has 2 aliphatic carbocycles. The van der Waals surface area contributed by atoms with Crippen LogP contribution in [0.5, 0.6) is 5.75 Å². The Morgan fingerprint density at radius 3 is 1.95 bits per heavy atom. The van der Waals surface area contributed by atoms with E-state index in [9.17, 15) is 23.3 Å². The fraction of sp³-hybridized carbons (Fsp3) is 0.333. The van der Waals surface area contributed by atoms with Crippen molar-refractivity contribution < 1.29 is 36.6 Å². The zero-order valence-corrected chi connectivity index (χ0v) is 47.1. The maximum Gasteiger partial charge on any atom is 0.252 e. The summed E-state index contributed by atoms with van der Waals surface area (Å²) < 4.78 is 214. The molecule has 16 rings (SSSR count). The van der Waals surface area contributed by atoms with E-state index in [4.69, 9.17) is 13.3 Å². The first-order valence-electron chi connectivity index (χ1n) is 37.7. The number of furan rings is 1. The van der Waals surface area contributed by atoms with Crippen LogP contribution in [0.15, 0.2) is 143 Å². The van der Waals surface area contributed by atoms with Gasteiger partial charge < -0.3 is 23.9 Å². The van der Waals surface area contributed by atoms with Crippen molar-refractivity contribution in [2.24, 2.45) is 0 Å². The van der Waals surface area contributed by atoms with Crippen LogP contribution in [0.25, 0.3) is 42.1 Å². The van der Waals surface area contributed by atoms with Crippen LogP contribution in [0.2, 0.25) is 0 Å². The van der Waals surface area contributed by atoms with Crippen LogP contribution in [0, 0.1) is 0 Å². The molecule has 0 bridgehead atoms. The van der Waals surface area contributed by atoms with Gasteiger partial charge in [0.1, 0.15) is 16.9 Å². The predicted molar refractivity (Wildman–Crippen MR) is 336 cm³/mol. The first-order chi connectivity index (χ1) is 46.1. The van der Waals surface area contributed by atoms with Gasteiger partial charge >= 0.3 is 0 Å². The standard InChI is InChI=1S/C72H70BN3O2S/c1-67(2,3)42-22-24-43(25-23-42)74-57-39-63-53(70(8,9)41-77-63)37-55(57)73-54-36-49-48-35-51-52(69(6,7)31-30-68(51,4)5)38-64(48)79-65(49)40-58(54)75(44-26-27-62-47(32-44)46-18-12-15-21-61(46)78-62)60-34-45(33-59(74)66(60)73)76-56-20-14-13-19-50(56)71(10)28-16-17-29-72(71,76)11/h12-15,18-27,32-40H,16-17,28-31,41H2,1-11H3/i12D,13D,14D,15D,18D,19D,20D,21D,22D,23D,24D,25D,26D,27D,32D,33D,34D,35D,38D,40D. The van der Waals surface area contributed by atoms with Gasteiger partial charge in [-0.05, 0) is 165 Å². The highest BCUT2D eigenvalue weighted by atomic mass is 32.1. The first kappa shape index (κ1) is 31.7. The lowest BCUT2D eigenvalue weighted by Gasteiger charge is -2.51. The third-order valence-electron chi connectivity index (χ3n) is 19.1. The van der Waals surface area contributed by atoms with Gasteiger partial charge in [-0.25, -0.2) is 0 Å². The van der Waals surface area contributed by atoms with Crippen LogP contribution < -0.4 is 35.8 Å². The molecule has 7 heteroatoms. The normalized spacial score (nSPS) is 25.5. The minimum atomic E-state index is -1.28. The summed E-state index contributed by atoms with van der Waals surface area (Å²) in [5, 5.41) is 0.264. The average molecular weight is 1070 g/mol. The van der Waals surface area contributed by atoms with E-state index in [1.807, 2.05) is 39.8 Å². The van der Waals surface area contributed by atoms with E-state index in [1.54, 1.807) is 31.7 Å². The number of para-hydroxylation sites is 2. The van der Waals surface area contributed by atoms with Crippen molar-refractivity contribution in [3.05, 3.63) is 167 Å². The molecule has 8 aromatic carbocycles. The molecule has 79 heavy (non-hydrogen) atoms. The van der Waals surface area contributed by atoms with Gasteiger partial charge in [-0.15, -0.1) is 11.3 Å². The number of benzene rings is 8. The largest absolute Gasteiger partial charge is 0.492 e. The van der Waals surface area contributed by atoms with Gasteiger partial charge in [0.15, 0.2) is 0 Å². The smallest absolute Gasteiger partial charge is 0.252 e. The van der Waals surface area contributed by atoms with Crippen LogP contribution in [0.3, 0.4) is 0 Å². The van der Waals surface area contributed by atoms with Crippen LogP contribution >= 0.6 is 11.3 Å². The molecule has 0 radical (unpaired) electrons. The summed E-state index contributed by atoms with van der Waals surface area (Å²) in [5.74, 6) is 0.405. The number of ether oxygens (including phenoxy) is 1.